The molecule has 1 atom stereocenters. The normalized spacial score (nSPS) is 17.4. The summed E-state index contributed by atoms with van der Waals surface area (Å²) in [4.78, 5) is 32.1. The molecule has 194 valence electrons. The third kappa shape index (κ3) is 5.77. The van der Waals surface area contributed by atoms with Gasteiger partial charge in [-0.2, -0.15) is 0 Å². The molecule has 1 saturated heterocycles. The Labute approximate surface area is 218 Å². The van der Waals surface area contributed by atoms with Gasteiger partial charge in [-0.3, -0.25) is 9.59 Å². The molecule has 1 N–H and O–H groups in total. The Bertz CT molecular complexity index is 1250. The lowest BCUT2D eigenvalue weighted by molar-refractivity contribution is -0.139. The van der Waals surface area contributed by atoms with Crippen LogP contribution in [0.4, 0.5) is 0 Å². The fraction of sp³-hybridized carbons (Fsp3) is 0.367. The number of carbonyl (C=O) groups excluding carboxylic acids is 2. The Morgan fingerprint density at radius 3 is 2.32 bits per heavy atom. The maximum Gasteiger partial charge on any atom is 0.295 e. The van der Waals surface area contributed by atoms with E-state index in [0.717, 1.165) is 17.5 Å². The van der Waals surface area contributed by atoms with Crippen molar-refractivity contribution in [3.63, 3.8) is 0 Å². The number of hydrogen-bond donors (Lipinski definition) is 1. The maximum absolute atomic E-state index is 13.3. The van der Waals surface area contributed by atoms with Gasteiger partial charge in [0.1, 0.15) is 11.5 Å². The molecule has 1 aromatic heterocycles. The third-order valence-electron chi connectivity index (χ3n) is 6.61. The number of amides is 1. The number of rotatable bonds is 9. The minimum Gasteiger partial charge on any atom is -0.507 e. The Hall–Kier alpha value is -3.87. The van der Waals surface area contributed by atoms with Crippen LogP contribution in [-0.4, -0.2) is 44.4 Å². The van der Waals surface area contributed by atoms with Gasteiger partial charge in [-0.25, -0.2) is 4.98 Å². The number of imidazole rings is 1. The fourth-order valence-corrected chi connectivity index (χ4v) is 4.55. The highest BCUT2D eigenvalue weighted by Gasteiger charge is 2.45. The molecule has 1 amide bonds. The zero-order valence-corrected chi connectivity index (χ0v) is 22.0. The maximum atomic E-state index is 13.3. The van der Waals surface area contributed by atoms with Crippen molar-refractivity contribution < 1.29 is 19.4 Å². The number of likely N-dealkylation sites (tertiary alicyclic amines) is 1. The molecule has 7 nitrogen and oxygen atoms in total. The van der Waals surface area contributed by atoms with Crippen LogP contribution in [0, 0.1) is 0 Å². The van der Waals surface area contributed by atoms with Crippen LogP contribution >= 0.6 is 0 Å². The number of ketones is 1. The number of aromatic nitrogens is 2. The summed E-state index contributed by atoms with van der Waals surface area (Å²) in [6, 6.07) is 14.2. The first-order chi connectivity index (χ1) is 17.7. The Kier molecular flexibility index (Phi) is 7.81. The molecular weight excluding hydrogens is 466 g/mol. The highest BCUT2D eigenvalue weighted by Crippen LogP contribution is 2.40. The molecule has 0 aliphatic carbocycles. The molecule has 37 heavy (non-hydrogen) atoms. The Morgan fingerprint density at radius 2 is 1.73 bits per heavy atom. The number of aliphatic hydroxyl groups is 1. The minimum atomic E-state index is -0.673. The van der Waals surface area contributed by atoms with Gasteiger partial charge in [0.25, 0.3) is 11.7 Å². The van der Waals surface area contributed by atoms with Gasteiger partial charge in [0.2, 0.25) is 0 Å². The van der Waals surface area contributed by atoms with E-state index in [-0.39, 0.29) is 16.7 Å². The van der Waals surface area contributed by atoms with Gasteiger partial charge >= 0.3 is 0 Å². The number of aliphatic hydroxyl groups excluding tert-OH is 1. The Morgan fingerprint density at radius 1 is 1.03 bits per heavy atom. The average Bonchev–Trinajstić information content (AvgIpc) is 3.49. The summed E-state index contributed by atoms with van der Waals surface area (Å²) in [7, 11) is 0. The van der Waals surface area contributed by atoms with E-state index in [9.17, 15) is 14.7 Å². The van der Waals surface area contributed by atoms with Gasteiger partial charge in [-0.1, -0.05) is 52.0 Å². The first-order valence-corrected chi connectivity index (χ1v) is 12.8. The van der Waals surface area contributed by atoms with Gasteiger partial charge in [-0.05, 0) is 53.6 Å². The lowest BCUT2D eigenvalue weighted by Crippen LogP contribution is -2.31. The first-order valence-electron chi connectivity index (χ1n) is 12.8. The summed E-state index contributed by atoms with van der Waals surface area (Å²) in [5.41, 5.74) is 2.48. The highest BCUT2D eigenvalue weighted by atomic mass is 16.5. The van der Waals surface area contributed by atoms with Crippen LogP contribution in [0.15, 0.2) is 72.8 Å². The van der Waals surface area contributed by atoms with E-state index in [1.54, 1.807) is 41.7 Å². The quantitative estimate of drug-likeness (QED) is 0.238. The van der Waals surface area contributed by atoms with Crippen molar-refractivity contribution in [2.24, 2.45) is 0 Å². The van der Waals surface area contributed by atoms with E-state index in [1.807, 2.05) is 42.0 Å². The van der Waals surface area contributed by atoms with E-state index in [1.165, 1.54) is 0 Å². The van der Waals surface area contributed by atoms with Crippen LogP contribution in [0.25, 0.3) is 5.76 Å². The molecule has 1 aliphatic rings. The van der Waals surface area contributed by atoms with Crippen molar-refractivity contribution in [3.8, 4) is 5.75 Å². The van der Waals surface area contributed by atoms with Crippen LogP contribution in [0.3, 0.4) is 0 Å². The smallest absolute Gasteiger partial charge is 0.295 e. The second-order valence-electron chi connectivity index (χ2n) is 10.4. The number of ether oxygens (including phenoxy) is 1. The number of nitrogens with zero attached hydrogens (tertiary/aromatic N) is 3. The van der Waals surface area contributed by atoms with E-state index < -0.39 is 17.7 Å². The lowest BCUT2D eigenvalue weighted by Gasteiger charge is -2.26. The van der Waals surface area contributed by atoms with Crippen molar-refractivity contribution in [1.29, 1.82) is 0 Å². The Balaban J connectivity index is 1.70. The van der Waals surface area contributed by atoms with E-state index >= 15 is 0 Å². The van der Waals surface area contributed by atoms with Gasteiger partial charge in [0.05, 0.1) is 24.5 Å². The van der Waals surface area contributed by atoms with E-state index in [4.69, 9.17) is 4.74 Å². The molecule has 7 heteroatoms. The molecular formula is C30H35N3O4. The highest BCUT2D eigenvalue weighted by molar-refractivity contribution is 6.46. The predicted octanol–water partition coefficient (Wildman–Crippen LogP) is 5.48. The summed E-state index contributed by atoms with van der Waals surface area (Å²) in [6.07, 6.45) is 6.83. The van der Waals surface area contributed by atoms with Crippen LogP contribution in [0.5, 0.6) is 5.75 Å². The van der Waals surface area contributed by atoms with Crippen LogP contribution in [0.1, 0.15) is 63.3 Å². The molecule has 0 radical (unpaired) electrons. The summed E-state index contributed by atoms with van der Waals surface area (Å²) < 4.78 is 7.58. The SMILES string of the molecule is CCCOc1ccc(C(O)=C2C(=O)C(=O)N(CCCn3ccnc3)[C@@H]2c2ccc(C(C)(C)C)cc2)cc1. The van der Waals surface area contributed by atoms with Crippen LogP contribution in [0.2, 0.25) is 0 Å². The molecule has 2 aromatic carbocycles. The van der Waals surface area contributed by atoms with Crippen molar-refractivity contribution in [3.05, 3.63) is 89.5 Å². The zero-order valence-electron chi connectivity index (χ0n) is 22.0. The van der Waals surface area contributed by atoms with Crippen molar-refractivity contribution >= 4 is 17.4 Å². The monoisotopic (exact) mass is 501 g/mol. The topological polar surface area (TPSA) is 84.7 Å². The first kappa shape index (κ1) is 26.2. The summed E-state index contributed by atoms with van der Waals surface area (Å²) in [6.45, 7) is 10.1. The molecule has 0 bridgehead atoms. The largest absolute Gasteiger partial charge is 0.507 e. The molecule has 3 aromatic rings. The van der Waals surface area contributed by atoms with Gasteiger partial charge < -0.3 is 19.3 Å². The molecule has 0 spiro atoms. The molecule has 0 saturated carbocycles. The van der Waals surface area contributed by atoms with Gasteiger partial charge in [0.15, 0.2) is 0 Å². The van der Waals surface area contributed by atoms with Crippen LogP contribution < -0.4 is 4.74 Å². The molecule has 0 unspecified atom stereocenters. The average molecular weight is 502 g/mol. The number of benzene rings is 2. The van der Waals surface area contributed by atoms with Gasteiger partial charge in [-0.15, -0.1) is 0 Å². The molecule has 1 fully saturated rings. The van der Waals surface area contributed by atoms with Crippen molar-refractivity contribution in [2.45, 2.75) is 58.5 Å². The second-order valence-corrected chi connectivity index (χ2v) is 10.4. The zero-order chi connectivity index (χ0) is 26.6. The molecule has 4 rings (SSSR count). The second kappa shape index (κ2) is 11.0. The number of carbonyl (C=O) groups is 2. The fourth-order valence-electron chi connectivity index (χ4n) is 4.55. The van der Waals surface area contributed by atoms with Crippen molar-refractivity contribution in [2.75, 3.05) is 13.2 Å². The lowest BCUT2D eigenvalue weighted by atomic mass is 9.85. The predicted molar refractivity (Wildman–Crippen MR) is 143 cm³/mol. The minimum absolute atomic E-state index is 0.0350. The summed E-state index contributed by atoms with van der Waals surface area (Å²) >= 11 is 0. The van der Waals surface area contributed by atoms with Crippen molar-refractivity contribution in [1.82, 2.24) is 14.5 Å². The third-order valence-corrected chi connectivity index (χ3v) is 6.61. The number of hydrogen-bond acceptors (Lipinski definition) is 5. The molecule has 1 aliphatic heterocycles. The summed E-state index contributed by atoms with van der Waals surface area (Å²) in [5.74, 6) is -0.758. The van der Waals surface area contributed by atoms with E-state index in [0.29, 0.717) is 37.4 Å². The summed E-state index contributed by atoms with van der Waals surface area (Å²) in [5, 5.41) is 11.3. The van der Waals surface area contributed by atoms with Gasteiger partial charge in [0, 0.05) is 31.0 Å². The van der Waals surface area contributed by atoms with E-state index in [2.05, 4.69) is 25.8 Å². The standard InChI is InChI=1S/C30H35N3O4/c1-5-19-37-24-13-9-22(10-14-24)27(34)25-26(21-7-11-23(12-8-21)30(2,3)4)33(29(36)28(25)35)17-6-16-32-18-15-31-20-32/h7-15,18,20,26,34H,5-6,16-17,19H2,1-4H3/t26-/m1/s1. The molecule has 2 heterocycles. The number of aryl methyl sites for hydroxylation is 1. The van der Waals surface area contributed by atoms with Crippen LogP contribution in [-0.2, 0) is 21.5 Å². The number of Topliss-reactive ketones (excluding diaryl/α,β-unsaturated/α-hetero) is 1.